The van der Waals surface area contributed by atoms with E-state index in [4.69, 9.17) is 15.0 Å². The third-order valence-electron chi connectivity index (χ3n) is 12.6. The molecule has 60 heavy (non-hydrogen) atoms. The van der Waals surface area contributed by atoms with Crippen LogP contribution in [0, 0.1) is 0 Å². The molecule has 280 valence electrons. The molecular formula is C55H35N5. The summed E-state index contributed by atoms with van der Waals surface area (Å²) in [7, 11) is 0. The molecule has 5 heteroatoms. The van der Waals surface area contributed by atoms with E-state index in [1.807, 2.05) is 0 Å². The quantitative estimate of drug-likeness (QED) is 0.168. The van der Waals surface area contributed by atoms with E-state index >= 15 is 0 Å². The third kappa shape index (κ3) is 4.96. The molecule has 0 fully saturated rings. The molecule has 11 aromatic rings. The first-order valence-corrected chi connectivity index (χ1v) is 20.6. The largest absolute Gasteiger partial charge is 0.295 e. The van der Waals surface area contributed by atoms with Crippen molar-refractivity contribution in [3.8, 4) is 39.3 Å². The number of aromatic nitrogens is 5. The summed E-state index contributed by atoms with van der Waals surface area (Å²) in [5.74, 6) is 1.32. The normalized spacial score (nSPS) is 15.7. The van der Waals surface area contributed by atoms with Gasteiger partial charge in [-0.1, -0.05) is 127 Å². The van der Waals surface area contributed by atoms with E-state index in [-0.39, 0.29) is 11.8 Å². The molecule has 2 atom stereocenters. The summed E-state index contributed by atoms with van der Waals surface area (Å²) in [5.41, 5.74) is 17.7. The molecule has 0 saturated carbocycles. The maximum Gasteiger partial charge on any atom is 0.146 e. The SMILES string of the molecule is C1=CC2c3nc4ccccc4n3-c3ccc(-c4cccc(-c5ccc6c(c5)c5cc(-c7ccccc7)ccc5c5nc7ccccc7n65)n4)cc3C2C=C1c1ccccc1. The molecule has 5 nitrogen and oxygen atoms in total. The Hall–Kier alpha value is -7.89. The summed E-state index contributed by atoms with van der Waals surface area (Å²) in [6.07, 6.45) is 7.07. The van der Waals surface area contributed by atoms with Gasteiger partial charge >= 0.3 is 0 Å². The van der Waals surface area contributed by atoms with Gasteiger partial charge in [0.15, 0.2) is 0 Å². The zero-order valence-corrected chi connectivity index (χ0v) is 32.4. The van der Waals surface area contributed by atoms with Crippen LogP contribution in [-0.2, 0) is 0 Å². The van der Waals surface area contributed by atoms with Crippen LogP contribution in [0.4, 0.5) is 0 Å². The zero-order valence-electron chi connectivity index (χ0n) is 32.4. The van der Waals surface area contributed by atoms with E-state index in [2.05, 4.69) is 209 Å². The second-order valence-corrected chi connectivity index (χ2v) is 16.0. The van der Waals surface area contributed by atoms with E-state index < -0.39 is 0 Å². The molecule has 2 aliphatic rings. The average Bonchev–Trinajstić information content (AvgIpc) is 3.92. The maximum atomic E-state index is 5.40. The van der Waals surface area contributed by atoms with Crippen LogP contribution in [0.25, 0.3) is 94.3 Å². The van der Waals surface area contributed by atoms with Crippen LogP contribution in [-0.4, -0.2) is 23.9 Å². The Labute approximate surface area is 345 Å². The number of pyridine rings is 2. The summed E-state index contributed by atoms with van der Waals surface area (Å²) < 4.78 is 4.68. The highest BCUT2D eigenvalue weighted by atomic mass is 15.1. The number of hydrogen-bond donors (Lipinski definition) is 0. The molecule has 0 amide bonds. The van der Waals surface area contributed by atoms with Gasteiger partial charge in [-0.3, -0.25) is 8.97 Å². The van der Waals surface area contributed by atoms with Gasteiger partial charge in [0, 0.05) is 33.7 Å². The average molecular weight is 766 g/mol. The zero-order chi connectivity index (χ0) is 39.3. The predicted octanol–water partition coefficient (Wildman–Crippen LogP) is 13.4. The van der Waals surface area contributed by atoms with E-state index in [0.717, 1.165) is 72.3 Å². The number of allylic oxidation sites excluding steroid dienone is 4. The minimum absolute atomic E-state index is 0.112. The number of fused-ring (bicyclic) bond motifs is 16. The third-order valence-corrected chi connectivity index (χ3v) is 12.6. The van der Waals surface area contributed by atoms with Crippen molar-refractivity contribution >= 4 is 55.0 Å². The summed E-state index contributed by atoms with van der Waals surface area (Å²) in [6, 6.07) is 65.0. The first-order chi connectivity index (χ1) is 29.7. The lowest BCUT2D eigenvalue weighted by atomic mass is 9.76. The summed E-state index contributed by atoms with van der Waals surface area (Å²) >= 11 is 0. The predicted molar refractivity (Wildman–Crippen MR) is 245 cm³/mol. The minimum Gasteiger partial charge on any atom is -0.295 e. The van der Waals surface area contributed by atoms with Gasteiger partial charge in [0.2, 0.25) is 0 Å². The van der Waals surface area contributed by atoms with Crippen molar-refractivity contribution in [3.63, 3.8) is 0 Å². The van der Waals surface area contributed by atoms with Gasteiger partial charge in [-0.2, -0.15) is 0 Å². The molecule has 4 aromatic heterocycles. The number of rotatable bonds is 4. The van der Waals surface area contributed by atoms with Gasteiger partial charge < -0.3 is 0 Å². The molecule has 0 bridgehead atoms. The van der Waals surface area contributed by atoms with E-state index in [1.54, 1.807) is 0 Å². The summed E-state index contributed by atoms with van der Waals surface area (Å²) in [4.78, 5) is 15.8. The van der Waals surface area contributed by atoms with Crippen LogP contribution < -0.4 is 0 Å². The lowest BCUT2D eigenvalue weighted by Gasteiger charge is -2.34. The van der Waals surface area contributed by atoms with Crippen molar-refractivity contribution in [3.05, 3.63) is 217 Å². The standard InChI is InChI=1S/C55H35N5/c1-3-12-34(13-4-1)36-22-26-40-42(30-36)44-32-38(24-28-50(44)59-52-20-9-7-16-48(52)57-54(40)59)46-18-11-19-47(56-46)39-25-29-51-45(33-39)43-31-37(35-14-5-2-6-15-35)23-27-41(43)55-58-49-17-8-10-21-53(49)60(51)55/h1-33,40,42H. The lowest BCUT2D eigenvalue weighted by molar-refractivity contribution is 0.642. The van der Waals surface area contributed by atoms with Gasteiger partial charge in [0.25, 0.3) is 0 Å². The fourth-order valence-corrected chi connectivity index (χ4v) is 9.82. The Kier molecular flexibility index (Phi) is 7.07. The number of para-hydroxylation sites is 4. The van der Waals surface area contributed by atoms with Crippen LogP contribution in [0.3, 0.4) is 0 Å². The monoisotopic (exact) mass is 765 g/mol. The van der Waals surface area contributed by atoms with Crippen molar-refractivity contribution < 1.29 is 0 Å². The van der Waals surface area contributed by atoms with E-state index in [1.165, 1.54) is 38.9 Å². The molecule has 5 heterocycles. The van der Waals surface area contributed by atoms with E-state index in [0.29, 0.717) is 0 Å². The smallest absolute Gasteiger partial charge is 0.146 e. The first kappa shape index (κ1) is 33.1. The van der Waals surface area contributed by atoms with Crippen molar-refractivity contribution in [2.45, 2.75) is 11.8 Å². The summed E-state index contributed by atoms with van der Waals surface area (Å²) in [6.45, 7) is 0. The van der Waals surface area contributed by atoms with Crippen LogP contribution in [0.2, 0.25) is 0 Å². The topological polar surface area (TPSA) is 48.0 Å². The minimum atomic E-state index is 0.112. The molecule has 0 N–H and O–H groups in total. The van der Waals surface area contributed by atoms with E-state index in [9.17, 15) is 0 Å². The van der Waals surface area contributed by atoms with Gasteiger partial charge in [0.05, 0.1) is 44.7 Å². The number of imidazole rings is 2. The maximum absolute atomic E-state index is 5.40. The number of benzene rings is 7. The highest BCUT2D eigenvalue weighted by Gasteiger charge is 2.36. The highest BCUT2D eigenvalue weighted by molar-refractivity contribution is 6.15. The van der Waals surface area contributed by atoms with Gasteiger partial charge in [0.1, 0.15) is 11.5 Å². The summed E-state index contributed by atoms with van der Waals surface area (Å²) in [5, 5.41) is 3.46. The number of hydrogen-bond acceptors (Lipinski definition) is 3. The number of nitrogens with zero attached hydrogens (tertiary/aromatic N) is 5. The Morgan fingerprint density at radius 1 is 0.417 bits per heavy atom. The lowest BCUT2D eigenvalue weighted by Crippen LogP contribution is -2.22. The second-order valence-electron chi connectivity index (χ2n) is 16.0. The Bertz CT molecular complexity index is 3610. The highest BCUT2D eigenvalue weighted by Crippen LogP contribution is 2.49. The second kappa shape index (κ2) is 12.8. The van der Waals surface area contributed by atoms with Crippen molar-refractivity contribution in [2.75, 3.05) is 0 Å². The molecule has 0 radical (unpaired) electrons. The molecular weight excluding hydrogens is 731 g/mol. The van der Waals surface area contributed by atoms with Crippen molar-refractivity contribution in [2.24, 2.45) is 0 Å². The van der Waals surface area contributed by atoms with Gasteiger partial charge in [-0.05, 0) is 106 Å². The molecule has 0 spiro atoms. The molecule has 1 aliphatic carbocycles. The Morgan fingerprint density at radius 2 is 1.08 bits per heavy atom. The fourth-order valence-electron chi connectivity index (χ4n) is 9.82. The van der Waals surface area contributed by atoms with Crippen molar-refractivity contribution in [1.82, 2.24) is 23.9 Å². The van der Waals surface area contributed by atoms with Gasteiger partial charge in [-0.15, -0.1) is 0 Å². The van der Waals surface area contributed by atoms with Crippen LogP contribution in [0.1, 0.15) is 28.8 Å². The molecule has 7 aromatic carbocycles. The fraction of sp³-hybridized carbons (Fsp3) is 0.0364. The van der Waals surface area contributed by atoms with Crippen LogP contribution >= 0.6 is 0 Å². The van der Waals surface area contributed by atoms with Crippen LogP contribution in [0.15, 0.2) is 200 Å². The van der Waals surface area contributed by atoms with Gasteiger partial charge in [-0.25, -0.2) is 15.0 Å². The Balaban J connectivity index is 0.974. The molecule has 13 rings (SSSR count). The first-order valence-electron chi connectivity index (χ1n) is 20.6. The molecule has 2 unspecified atom stereocenters. The molecule has 0 saturated heterocycles. The Morgan fingerprint density at radius 3 is 1.90 bits per heavy atom. The van der Waals surface area contributed by atoms with Crippen LogP contribution in [0.5, 0.6) is 0 Å². The van der Waals surface area contributed by atoms with Crippen molar-refractivity contribution in [1.29, 1.82) is 0 Å². The molecule has 1 aliphatic heterocycles.